The molecule has 0 atom stereocenters. The Morgan fingerprint density at radius 3 is 2.46 bits per heavy atom. The number of carbonyl (C=O) groups is 2. The summed E-state index contributed by atoms with van der Waals surface area (Å²) in [5, 5.41) is 13.4. The zero-order valence-electron chi connectivity index (χ0n) is 21.0. The molecule has 0 unspecified atom stereocenters. The highest BCUT2D eigenvalue weighted by atomic mass is 16.5. The second kappa shape index (κ2) is 11.0. The number of anilines is 4. The van der Waals surface area contributed by atoms with Crippen molar-refractivity contribution in [1.29, 1.82) is 0 Å². The number of piperidine rings is 1. The molecule has 1 aliphatic carbocycles. The fourth-order valence-corrected chi connectivity index (χ4v) is 5.37. The molecule has 1 aromatic carbocycles. The first-order chi connectivity index (χ1) is 18.0. The van der Waals surface area contributed by atoms with Crippen molar-refractivity contribution in [2.24, 2.45) is 11.3 Å². The first-order valence-electron chi connectivity index (χ1n) is 12.8. The number of para-hydroxylation sites is 1. The van der Waals surface area contributed by atoms with Crippen LogP contribution in [0.2, 0.25) is 0 Å². The van der Waals surface area contributed by atoms with Gasteiger partial charge in [0.2, 0.25) is 0 Å². The van der Waals surface area contributed by atoms with E-state index in [9.17, 15) is 9.59 Å². The third-order valence-corrected chi connectivity index (χ3v) is 7.65. The number of ether oxygens (including phenoxy) is 1. The molecular formula is C27H32N6O4. The molecule has 1 amide bonds. The van der Waals surface area contributed by atoms with E-state index in [1.807, 2.05) is 42.5 Å². The van der Waals surface area contributed by atoms with Crippen molar-refractivity contribution < 1.29 is 18.7 Å². The second-order valence-corrected chi connectivity index (χ2v) is 9.97. The van der Waals surface area contributed by atoms with Gasteiger partial charge in [0.15, 0.2) is 0 Å². The molecule has 10 heteroatoms. The lowest BCUT2D eigenvalue weighted by molar-refractivity contribution is -0.142. The van der Waals surface area contributed by atoms with Crippen LogP contribution >= 0.6 is 0 Å². The van der Waals surface area contributed by atoms with Crippen LogP contribution in [0.4, 0.5) is 23.2 Å². The summed E-state index contributed by atoms with van der Waals surface area (Å²) >= 11 is 0. The predicted molar refractivity (Wildman–Crippen MR) is 139 cm³/mol. The van der Waals surface area contributed by atoms with E-state index in [1.165, 1.54) is 20.0 Å². The van der Waals surface area contributed by atoms with Crippen molar-refractivity contribution in [2.75, 3.05) is 35.7 Å². The van der Waals surface area contributed by atoms with Gasteiger partial charge >= 0.3 is 23.8 Å². The number of aromatic nitrogens is 3. The van der Waals surface area contributed by atoms with Gasteiger partial charge < -0.3 is 24.7 Å². The quantitative estimate of drug-likeness (QED) is 0.437. The number of hydrogen-bond acceptors (Lipinski definition) is 9. The van der Waals surface area contributed by atoms with Crippen LogP contribution in [-0.4, -0.2) is 47.3 Å². The minimum Gasteiger partial charge on any atom is -0.469 e. The van der Waals surface area contributed by atoms with Crippen LogP contribution in [0.15, 0.2) is 53.1 Å². The Balaban J connectivity index is 1.10. The van der Waals surface area contributed by atoms with Crippen LogP contribution in [0.5, 0.6) is 0 Å². The SMILES string of the molecule is COC(=O)CC1CCC2(CC1)CCN(c1ccc(NC(=O)c3nnc(Nc4ccccc4)o3)cn1)CC2. The summed E-state index contributed by atoms with van der Waals surface area (Å²) in [5.74, 6) is 0.637. The molecule has 2 aromatic heterocycles. The average Bonchev–Trinajstić information content (AvgIpc) is 3.40. The normalized spacial score (nSPS) is 17.4. The number of esters is 1. The summed E-state index contributed by atoms with van der Waals surface area (Å²) in [6.07, 6.45) is 9.03. The fraction of sp³-hybridized carbons (Fsp3) is 0.444. The zero-order chi connectivity index (χ0) is 25.7. The number of pyridine rings is 1. The molecule has 3 heterocycles. The Labute approximate surface area is 215 Å². The van der Waals surface area contributed by atoms with E-state index in [1.54, 1.807) is 6.20 Å². The van der Waals surface area contributed by atoms with E-state index in [-0.39, 0.29) is 17.9 Å². The maximum Gasteiger partial charge on any atom is 0.320 e. The Bertz CT molecular complexity index is 1200. The number of hydrogen-bond donors (Lipinski definition) is 2. The van der Waals surface area contributed by atoms with Crippen molar-refractivity contribution in [3.05, 3.63) is 54.6 Å². The monoisotopic (exact) mass is 504 g/mol. The van der Waals surface area contributed by atoms with Crippen LogP contribution < -0.4 is 15.5 Å². The number of nitrogens with one attached hydrogen (secondary N) is 2. The zero-order valence-corrected chi connectivity index (χ0v) is 21.0. The van der Waals surface area contributed by atoms with Crippen molar-refractivity contribution in [1.82, 2.24) is 15.2 Å². The molecule has 0 bridgehead atoms. The maximum atomic E-state index is 12.5. The summed E-state index contributed by atoms with van der Waals surface area (Å²) in [6.45, 7) is 1.92. The Hall–Kier alpha value is -3.95. The van der Waals surface area contributed by atoms with Crippen molar-refractivity contribution >= 4 is 35.1 Å². The van der Waals surface area contributed by atoms with Gasteiger partial charge in [-0.2, -0.15) is 0 Å². The second-order valence-electron chi connectivity index (χ2n) is 9.97. The van der Waals surface area contributed by atoms with E-state index >= 15 is 0 Å². The predicted octanol–water partition coefficient (Wildman–Crippen LogP) is 4.80. The molecule has 1 saturated carbocycles. The lowest BCUT2D eigenvalue weighted by Gasteiger charge is -2.46. The average molecular weight is 505 g/mol. The third kappa shape index (κ3) is 6.07. The van der Waals surface area contributed by atoms with E-state index in [2.05, 4.69) is 30.7 Å². The summed E-state index contributed by atoms with van der Waals surface area (Å²) in [5.41, 5.74) is 1.73. The summed E-state index contributed by atoms with van der Waals surface area (Å²) in [4.78, 5) is 31.0. The standard InChI is InChI=1S/C27H32N6O4/c1-36-23(34)17-19-9-11-27(12-10-19)13-15-33(16-14-27)22-8-7-21(18-28-22)29-24(35)25-31-32-26(37-25)30-20-5-3-2-4-6-20/h2-8,18-19H,9-17H2,1H3,(H,29,35)(H,30,32). The molecule has 2 N–H and O–H groups in total. The molecule has 5 rings (SSSR count). The minimum atomic E-state index is -0.495. The highest BCUT2D eigenvalue weighted by Gasteiger charge is 2.38. The highest BCUT2D eigenvalue weighted by molar-refractivity contribution is 6.00. The molecule has 2 aliphatic rings. The molecule has 37 heavy (non-hydrogen) atoms. The van der Waals surface area contributed by atoms with Crippen molar-refractivity contribution in [3.8, 4) is 0 Å². The molecule has 194 valence electrons. The van der Waals surface area contributed by atoms with Crippen LogP contribution in [0, 0.1) is 11.3 Å². The maximum absolute atomic E-state index is 12.5. The largest absolute Gasteiger partial charge is 0.469 e. The Kier molecular flexibility index (Phi) is 7.34. The molecule has 2 fully saturated rings. The molecule has 0 radical (unpaired) electrons. The van der Waals surface area contributed by atoms with Gasteiger partial charge in [0.1, 0.15) is 5.82 Å². The summed E-state index contributed by atoms with van der Waals surface area (Å²) < 4.78 is 10.3. The Morgan fingerprint density at radius 2 is 1.78 bits per heavy atom. The van der Waals surface area contributed by atoms with Crippen molar-refractivity contribution in [3.63, 3.8) is 0 Å². The lowest BCUT2D eigenvalue weighted by atomic mass is 9.65. The minimum absolute atomic E-state index is 0.0941. The van der Waals surface area contributed by atoms with E-state index in [4.69, 9.17) is 9.15 Å². The molecule has 1 aliphatic heterocycles. The van der Waals surface area contributed by atoms with Gasteiger partial charge in [-0.1, -0.05) is 23.3 Å². The van der Waals surface area contributed by atoms with Gasteiger partial charge in [0.05, 0.1) is 19.0 Å². The van der Waals surface area contributed by atoms with Gasteiger partial charge in [0.25, 0.3) is 0 Å². The van der Waals surface area contributed by atoms with E-state index in [0.717, 1.165) is 50.3 Å². The first kappa shape index (κ1) is 24.7. The van der Waals surface area contributed by atoms with Gasteiger partial charge in [-0.25, -0.2) is 4.98 Å². The number of rotatable bonds is 7. The topological polar surface area (TPSA) is 122 Å². The molecule has 10 nitrogen and oxygen atoms in total. The van der Waals surface area contributed by atoms with Crippen LogP contribution in [0.25, 0.3) is 0 Å². The van der Waals surface area contributed by atoms with Gasteiger partial charge in [0, 0.05) is 25.2 Å². The number of amides is 1. The molecule has 1 spiro atoms. The molecule has 3 aromatic rings. The smallest absolute Gasteiger partial charge is 0.320 e. The van der Waals surface area contributed by atoms with Gasteiger partial charge in [-0.05, 0) is 74.1 Å². The van der Waals surface area contributed by atoms with Gasteiger partial charge in [-0.3, -0.25) is 9.59 Å². The van der Waals surface area contributed by atoms with E-state index in [0.29, 0.717) is 23.4 Å². The first-order valence-corrected chi connectivity index (χ1v) is 12.8. The number of carbonyl (C=O) groups excluding carboxylic acids is 2. The van der Waals surface area contributed by atoms with Gasteiger partial charge in [-0.15, -0.1) is 5.10 Å². The van der Waals surface area contributed by atoms with Crippen LogP contribution in [-0.2, 0) is 9.53 Å². The summed E-state index contributed by atoms with van der Waals surface area (Å²) in [6, 6.07) is 13.3. The highest BCUT2D eigenvalue weighted by Crippen LogP contribution is 2.47. The number of nitrogens with zero attached hydrogens (tertiary/aromatic N) is 4. The Morgan fingerprint density at radius 1 is 1.03 bits per heavy atom. The molecular weight excluding hydrogens is 472 g/mol. The van der Waals surface area contributed by atoms with Crippen molar-refractivity contribution in [2.45, 2.75) is 44.9 Å². The van der Waals surface area contributed by atoms with E-state index < -0.39 is 5.91 Å². The van der Waals surface area contributed by atoms with Crippen LogP contribution in [0.3, 0.4) is 0 Å². The summed E-state index contributed by atoms with van der Waals surface area (Å²) in [7, 11) is 1.46. The lowest BCUT2D eigenvalue weighted by Crippen LogP contribution is -2.42. The van der Waals surface area contributed by atoms with Crippen LogP contribution in [0.1, 0.15) is 55.6 Å². The number of benzene rings is 1. The third-order valence-electron chi connectivity index (χ3n) is 7.65. The molecule has 1 saturated heterocycles. The fourth-order valence-electron chi connectivity index (χ4n) is 5.37. The number of methoxy groups -OCH3 is 1.